The van der Waals surface area contributed by atoms with Crippen LogP contribution >= 0.6 is 12.4 Å². The van der Waals surface area contributed by atoms with Crippen molar-refractivity contribution in [1.29, 1.82) is 0 Å². The Morgan fingerprint density at radius 2 is 1.87 bits per heavy atom. The molecule has 1 aromatic carbocycles. The molecule has 0 atom stereocenters. The highest BCUT2D eigenvalue weighted by atomic mass is 35.5. The number of nitrogens with one attached hydrogen (secondary N) is 1. The van der Waals surface area contributed by atoms with Gasteiger partial charge in [-0.15, -0.1) is 12.4 Å². The minimum atomic E-state index is -0.202. The molecule has 5 nitrogen and oxygen atoms in total. The molecule has 0 saturated heterocycles. The average Bonchev–Trinajstić information content (AvgIpc) is 3.00. The topological polar surface area (TPSA) is 81.2 Å². The number of nitrogens with two attached hydrogens (primary N) is 1. The molecule has 0 spiro atoms. The summed E-state index contributed by atoms with van der Waals surface area (Å²) in [4.78, 5) is 12.2. The number of rotatable bonds is 3. The van der Waals surface area contributed by atoms with Gasteiger partial charge in [-0.2, -0.15) is 0 Å². The van der Waals surface area contributed by atoms with Crippen LogP contribution in [0.2, 0.25) is 0 Å². The zero-order valence-corrected chi connectivity index (χ0v) is 13.9. The van der Waals surface area contributed by atoms with Crippen LogP contribution < -0.4 is 11.1 Å². The highest BCUT2D eigenvalue weighted by molar-refractivity contribution is 5.92. The molecule has 1 amide bonds. The normalized spacial score (nSPS) is 20.6. The predicted octanol–water partition coefficient (Wildman–Crippen LogP) is 3.07. The Bertz CT molecular complexity index is 646. The summed E-state index contributed by atoms with van der Waals surface area (Å²) in [6, 6.07) is 10.1. The molecule has 6 heteroatoms. The lowest BCUT2D eigenvalue weighted by molar-refractivity contribution is 0.0888. The summed E-state index contributed by atoms with van der Waals surface area (Å²) in [5.74, 6) is 0.0526. The van der Waals surface area contributed by atoms with Crippen molar-refractivity contribution in [1.82, 2.24) is 10.5 Å². The van der Waals surface area contributed by atoms with Crippen molar-refractivity contribution in [3.05, 3.63) is 41.7 Å². The van der Waals surface area contributed by atoms with E-state index in [4.69, 9.17) is 10.3 Å². The van der Waals surface area contributed by atoms with Gasteiger partial charge in [0.15, 0.2) is 0 Å². The van der Waals surface area contributed by atoms with Crippen LogP contribution in [-0.4, -0.2) is 23.1 Å². The van der Waals surface area contributed by atoms with Gasteiger partial charge in [0, 0.05) is 23.7 Å². The SMILES string of the molecule is Cc1ccc(-c2cc(C(=O)NC3CCC(N)CC3)on2)cc1.Cl. The molecular weight excluding hydrogens is 314 g/mol. The molecule has 1 aliphatic carbocycles. The van der Waals surface area contributed by atoms with Crippen LogP contribution in [0.3, 0.4) is 0 Å². The molecule has 0 unspecified atom stereocenters. The highest BCUT2D eigenvalue weighted by Gasteiger charge is 2.22. The van der Waals surface area contributed by atoms with Crippen LogP contribution in [0.4, 0.5) is 0 Å². The fraction of sp³-hybridized carbons (Fsp3) is 0.412. The Morgan fingerprint density at radius 1 is 1.22 bits per heavy atom. The van der Waals surface area contributed by atoms with Crippen molar-refractivity contribution in [2.45, 2.75) is 44.7 Å². The number of aromatic nitrogens is 1. The number of benzene rings is 1. The molecule has 23 heavy (non-hydrogen) atoms. The van der Waals surface area contributed by atoms with Gasteiger partial charge < -0.3 is 15.6 Å². The first-order valence-corrected chi connectivity index (χ1v) is 7.72. The molecule has 1 saturated carbocycles. The van der Waals surface area contributed by atoms with Crippen molar-refractivity contribution in [2.24, 2.45) is 5.73 Å². The lowest BCUT2D eigenvalue weighted by Crippen LogP contribution is -2.40. The monoisotopic (exact) mass is 335 g/mol. The van der Waals surface area contributed by atoms with Crippen LogP contribution in [0.15, 0.2) is 34.9 Å². The van der Waals surface area contributed by atoms with Crippen molar-refractivity contribution < 1.29 is 9.32 Å². The summed E-state index contributed by atoms with van der Waals surface area (Å²) in [6.07, 6.45) is 3.75. The number of aryl methyl sites for hydroxylation is 1. The number of hydrogen-bond acceptors (Lipinski definition) is 4. The first kappa shape index (κ1) is 17.5. The van der Waals surface area contributed by atoms with Gasteiger partial charge in [0.2, 0.25) is 5.76 Å². The molecule has 3 rings (SSSR count). The maximum atomic E-state index is 12.2. The Morgan fingerprint density at radius 3 is 2.52 bits per heavy atom. The van der Waals surface area contributed by atoms with Gasteiger partial charge in [0.25, 0.3) is 5.91 Å². The maximum Gasteiger partial charge on any atom is 0.290 e. The van der Waals surface area contributed by atoms with Gasteiger partial charge in [-0.25, -0.2) is 0 Å². The molecule has 1 aliphatic rings. The van der Waals surface area contributed by atoms with Crippen LogP contribution in [-0.2, 0) is 0 Å². The summed E-state index contributed by atoms with van der Waals surface area (Å²) in [6.45, 7) is 2.03. The van der Waals surface area contributed by atoms with Gasteiger partial charge in [0.05, 0.1) is 0 Å². The molecule has 0 aliphatic heterocycles. The van der Waals surface area contributed by atoms with Crippen LogP contribution in [0.5, 0.6) is 0 Å². The van der Waals surface area contributed by atoms with E-state index >= 15 is 0 Å². The number of hydrogen-bond donors (Lipinski definition) is 2. The van der Waals surface area contributed by atoms with E-state index in [0.717, 1.165) is 31.2 Å². The molecule has 1 fully saturated rings. The second-order valence-corrected chi connectivity index (χ2v) is 6.03. The zero-order valence-electron chi connectivity index (χ0n) is 13.1. The molecule has 3 N–H and O–H groups in total. The zero-order chi connectivity index (χ0) is 15.5. The Kier molecular flexibility index (Phi) is 5.80. The van der Waals surface area contributed by atoms with Crippen molar-refractivity contribution >= 4 is 18.3 Å². The third-order valence-corrected chi connectivity index (χ3v) is 4.19. The summed E-state index contributed by atoms with van der Waals surface area (Å²) < 4.78 is 5.19. The number of halogens is 1. The Balaban J connectivity index is 0.00000192. The third kappa shape index (κ3) is 4.33. The first-order valence-electron chi connectivity index (χ1n) is 7.72. The molecule has 0 bridgehead atoms. The fourth-order valence-electron chi connectivity index (χ4n) is 2.76. The lowest BCUT2D eigenvalue weighted by Gasteiger charge is -2.26. The minimum Gasteiger partial charge on any atom is -0.350 e. The molecule has 1 aromatic heterocycles. The standard InChI is InChI=1S/C17H21N3O2.ClH/c1-11-2-4-12(5-3-11)15-10-16(22-20-15)17(21)19-14-8-6-13(18)7-9-14;/h2-5,10,13-14H,6-9,18H2,1H3,(H,19,21);1H. The largest absolute Gasteiger partial charge is 0.350 e. The van der Waals surface area contributed by atoms with Crippen LogP contribution in [0.25, 0.3) is 11.3 Å². The van der Waals surface area contributed by atoms with E-state index in [0.29, 0.717) is 5.69 Å². The lowest BCUT2D eigenvalue weighted by atomic mass is 9.92. The van der Waals surface area contributed by atoms with Crippen LogP contribution in [0, 0.1) is 6.92 Å². The van der Waals surface area contributed by atoms with E-state index < -0.39 is 0 Å². The molecule has 124 valence electrons. The number of carbonyl (C=O) groups is 1. The van der Waals surface area contributed by atoms with E-state index in [1.165, 1.54) is 5.56 Å². The van der Waals surface area contributed by atoms with Crippen molar-refractivity contribution in [2.75, 3.05) is 0 Å². The summed E-state index contributed by atoms with van der Waals surface area (Å²) >= 11 is 0. The smallest absolute Gasteiger partial charge is 0.290 e. The molecule has 0 radical (unpaired) electrons. The minimum absolute atomic E-state index is 0. The highest BCUT2D eigenvalue weighted by Crippen LogP contribution is 2.21. The third-order valence-electron chi connectivity index (χ3n) is 4.19. The molecular formula is C17H22ClN3O2. The quantitative estimate of drug-likeness (QED) is 0.903. The Labute approximate surface area is 142 Å². The summed E-state index contributed by atoms with van der Waals surface area (Å²) in [5.41, 5.74) is 8.68. The van der Waals surface area contributed by atoms with Gasteiger partial charge in [-0.05, 0) is 32.6 Å². The number of nitrogens with zero attached hydrogens (tertiary/aromatic N) is 1. The van der Waals surface area contributed by atoms with Gasteiger partial charge >= 0.3 is 0 Å². The number of amides is 1. The van der Waals surface area contributed by atoms with Gasteiger partial charge in [-0.3, -0.25) is 4.79 Å². The predicted molar refractivity (Wildman–Crippen MR) is 91.6 cm³/mol. The summed E-state index contributed by atoms with van der Waals surface area (Å²) in [5, 5.41) is 6.99. The first-order chi connectivity index (χ1) is 10.6. The van der Waals surface area contributed by atoms with E-state index in [9.17, 15) is 4.79 Å². The van der Waals surface area contributed by atoms with E-state index in [-0.39, 0.29) is 36.2 Å². The average molecular weight is 336 g/mol. The fourth-order valence-corrected chi connectivity index (χ4v) is 2.76. The van der Waals surface area contributed by atoms with E-state index in [2.05, 4.69) is 10.5 Å². The van der Waals surface area contributed by atoms with Crippen molar-refractivity contribution in [3.8, 4) is 11.3 Å². The van der Waals surface area contributed by atoms with Gasteiger partial charge in [-0.1, -0.05) is 35.0 Å². The van der Waals surface area contributed by atoms with Crippen LogP contribution in [0.1, 0.15) is 41.8 Å². The second kappa shape index (κ2) is 7.62. The molecule has 2 aromatic rings. The van der Waals surface area contributed by atoms with Gasteiger partial charge in [0.1, 0.15) is 5.69 Å². The summed E-state index contributed by atoms with van der Waals surface area (Å²) in [7, 11) is 0. The Hall–Kier alpha value is -1.85. The molecule has 1 heterocycles. The number of carbonyl (C=O) groups excluding carboxylic acids is 1. The maximum absolute atomic E-state index is 12.2. The van der Waals surface area contributed by atoms with E-state index in [1.54, 1.807) is 6.07 Å². The van der Waals surface area contributed by atoms with Crippen molar-refractivity contribution in [3.63, 3.8) is 0 Å². The second-order valence-electron chi connectivity index (χ2n) is 6.03. The van der Waals surface area contributed by atoms with E-state index in [1.807, 2.05) is 31.2 Å².